The highest BCUT2D eigenvalue weighted by Gasteiger charge is 2.82. The van der Waals surface area contributed by atoms with Gasteiger partial charge in [0.05, 0.1) is 45.5 Å². The Bertz CT molecular complexity index is 2610. The van der Waals surface area contributed by atoms with Gasteiger partial charge in [0, 0.05) is 36.3 Å². The van der Waals surface area contributed by atoms with E-state index in [1.165, 1.54) is 33.0 Å². The normalized spacial score (nSPS) is 33.2. The Hall–Kier alpha value is -6.25. The number of Topliss-reactive ketones (excluding diaryl/α,β-unsaturated/α-hetero) is 1. The number of carbonyl (C=O) groups is 7. The number of methoxy groups -OCH3 is 3. The van der Waals surface area contributed by atoms with Crippen molar-refractivity contribution in [1.82, 2.24) is 4.90 Å². The number of benzene rings is 2. The van der Waals surface area contributed by atoms with E-state index in [2.05, 4.69) is 0 Å². The highest BCUT2D eigenvalue weighted by atomic mass is 16.8. The molecule has 6 aliphatic rings. The van der Waals surface area contributed by atoms with Crippen LogP contribution in [0.2, 0.25) is 0 Å². The van der Waals surface area contributed by atoms with E-state index in [0.717, 1.165) is 0 Å². The van der Waals surface area contributed by atoms with Crippen LogP contribution in [0.5, 0.6) is 11.5 Å². The van der Waals surface area contributed by atoms with Crippen molar-refractivity contribution in [2.24, 2.45) is 28.6 Å². The number of amides is 1. The van der Waals surface area contributed by atoms with Crippen LogP contribution in [0.25, 0.3) is 0 Å². The zero-order valence-electron chi connectivity index (χ0n) is 45.3. The number of fused-ring (bicyclic) bond motifs is 4. The van der Waals surface area contributed by atoms with Crippen molar-refractivity contribution >= 4 is 41.9 Å². The van der Waals surface area contributed by atoms with E-state index in [1.54, 1.807) is 104 Å². The average Bonchev–Trinajstić information content (AvgIpc) is 3.90. The lowest BCUT2D eigenvalue weighted by Gasteiger charge is -2.67. The van der Waals surface area contributed by atoms with Crippen LogP contribution in [0.1, 0.15) is 118 Å². The topological polar surface area (TPSA) is 244 Å². The molecule has 8 rings (SSSR count). The second-order valence-electron chi connectivity index (χ2n) is 22.3. The van der Waals surface area contributed by atoms with Crippen LogP contribution >= 0.6 is 0 Å². The number of rotatable bonds is 10. The summed E-state index contributed by atoms with van der Waals surface area (Å²) in [7, 11) is 4.38. The van der Waals surface area contributed by atoms with Crippen LogP contribution in [0.4, 0.5) is 9.59 Å². The molecule has 3 aliphatic heterocycles. The van der Waals surface area contributed by atoms with Crippen molar-refractivity contribution in [2.75, 3.05) is 27.9 Å². The molecular formula is C55H71NO19. The lowest BCUT2D eigenvalue weighted by Crippen LogP contribution is -2.82. The first-order chi connectivity index (χ1) is 35.1. The average molecular weight is 1050 g/mol. The Morgan fingerprint density at radius 2 is 1.59 bits per heavy atom. The molecule has 1 spiro atoms. The van der Waals surface area contributed by atoms with Gasteiger partial charge in [-0.3, -0.25) is 19.3 Å². The van der Waals surface area contributed by atoms with Crippen molar-refractivity contribution < 1.29 is 90.8 Å². The number of carbonyl (C=O) groups excluding carboxylic acids is 7. The molecule has 75 heavy (non-hydrogen) atoms. The fraction of sp³-hybridized carbons (Fsp3) is 0.618. The zero-order chi connectivity index (χ0) is 55.5. The number of nitrogens with zero attached hydrogens (tertiary/aromatic N) is 1. The third kappa shape index (κ3) is 9.59. The molecule has 3 saturated heterocycles. The number of ether oxygens (including phenoxy) is 11. The molecule has 20 nitrogen and oxygen atoms in total. The van der Waals surface area contributed by atoms with Gasteiger partial charge in [-0.05, 0) is 87.8 Å². The Balaban J connectivity index is 0.000000238. The number of aliphatic hydroxyl groups excluding tert-OH is 1. The Morgan fingerprint density at radius 3 is 2.13 bits per heavy atom. The third-order valence-electron chi connectivity index (χ3n) is 15.8. The smallest absolute Gasteiger partial charge is 0.497 e. The minimum atomic E-state index is -1.99. The van der Waals surface area contributed by atoms with Gasteiger partial charge in [-0.1, -0.05) is 59.7 Å². The van der Waals surface area contributed by atoms with E-state index < -0.39 is 130 Å². The van der Waals surface area contributed by atoms with E-state index in [1.807, 2.05) is 20.8 Å². The first kappa shape index (κ1) is 56.5. The zero-order valence-corrected chi connectivity index (χ0v) is 45.3. The highest BCUT2D eigenvalue weighted by Crippen LogP contribution is 2.67. The van der Waals surface area contributed by atoms with Crippen LogP contribution in [-0.2, 0) is 61.8 Å². The maximum Gasteiger partial charge on any atom is 0.509 e. The van der Waals surface area contributed by atoms with Crippen molar-refractivity contribution in [1.29, 1.82) is 0 Å². The molecule has 2 saturated carbocycles. The maximum atomic E-state index is 15.1. The van der Waals surface area contributed by atoms with Gasteiger partial charge >= 0.3 is 36.1 Å². The van der Waals surface area contributed by atoms with Gasteiger partial charge in [-0.25, -0.2) is 19.2 Å². The molecule has 13 atom stereocenters. The lowest BCUT2D eigenvalue weighted by molar-refractivity contribution is -0.340. The summed E-state index contributed by atoms with van der Waals surface area (Å²) in [6.45, 7) is 20.1. The lowest BCUT2D eigenvalue weighted by atomic mass is 9.43. The molecule has 0 radical (unpaired) electrons. The molecule has 2 bridgehead atoms. The minimum Gasteiger partial charge on any atom is -0.497 e. The summed E-state index contributed by atoms with van der Waals surface area (Å²) in [5.41, 5.74) is -5.95. The van der Waals surface area contributed by atoms with Gasteiger partial charge in [0.25, 0.3) is 0 Å². The first-order valence-corrected chi connectivity index (χ1v) is 25.1. The van der Waals surface area contributed by atoms with Crippen molar-refractivity contribution in [3.8, 4) is 11.5 Å². The number of ketones is 1. The molecule has 410 valence electrons. The van der Waals surface area contributed by atoms with Crippen LogP contribution < -0.4 is 9.47 Å². The van der Waals surface area contributed by atoms with E-state index >= 15 is 4.79 Å². The van der Waals surface area contributed by atoms with Crippen molar-refractivity contribution in [3.63, 3.8) is 0 Å². The fourth-order valence-corrected chi connectivity index (χ4v) is 12.4. The van der Waals surface area contributed by atoms with Crippen molar-refractivity contribution in [3.05, 3.63) is 70.8 Å². The van der Waals surface area contributed by atoms with Crippen LogP contribution in [0.3, 0.4) is 0 Å². The molecule has 1 amide bonds. The van der Waals surface area contributed by atoms with Gasteiger partial charge in [-0.2, -0.15) is 0 Å². The van der Waals surface area contributed by atoms with Gasteiger partial charge in [0.15, 0.2) is 42.0 Å². The van der Waals surface area contributed by atoms with E-state index in [-0.39, 0.29) is 35.7 Å². The summed E-state index contributed by atoms with van der Waals surface area (Å²) in [6.07, 6.45) is -9.39. The van der Waals surface area contributed by atoms with Gasteiger partial charge in [0.1, 0.15) is 29.3 Å². The Labute approximate surface area is 436 Å². The van der Waals surface area contributed by atoms with Gasteiger partial charge in [-0.15, -0.1) is 0 Å². The Morgan fingerprint density at radius 1 is 0.920 bits per heavy atom. The Kier molecular flexibility index (Phi) is 15.6. The molecule has 0 aromatic heterocycles. The predicted octanol–water partition coefficient (Wildman–Crippen LogP) is 7.01. The fourth-order valence-electron chi connectivity index (χ4n) is 12.4. The quantitative estimate of drug-likeness (QED) is 0.143. The highest BCUT2D eigenvalue weighted by molar-refractivity contribution is 5.95. The van der Waals surface area contributed by atoms with Crippen LogP contribution in [-0.4, -0.2) is 139 Å². The van der Waals surface area contributed by atoms with E-state index in [0.29, 0.717) is 23.5 Å². The molecule has 5 fully saturated rings. The number of esters is 4. The largest absolute Gasteiger partial charge is 0.509 e. The summed E-state index contributed by atoms with van der Waals surface area (Å²) in [6, 6.07) is 12.8. The second-order valence-corrected chi connectivity index (χ2v) is 22.3. The first-order valence-electron chi connectivity index (χ1n) is 25.1. The SMILES string of the molecule is CC(=O)O[C@H]1C(=O)[C@]2(C)[C@@H](C)CC3OC[C@@]3(OC(C)=O)[C@H]2[C@H](OC(=O)c2ccccc2)[C@]23OC(=O)O[C@H]2[C@H](O)C(C)=C1C3(C)C.COC(=O)C1OC(c2ccc(OC)cc2OC)N(C(=O)OC(C)(C)C)C1CC(C)C. The van der Waals surface area contributed by atoms with E-state index in [9.17, 15) is 33.9 Å². The molecule has 4 unspecified atom stereocenters. The summed E-state index contributed by atoms with van der Waals surface area (Å²) >= 11 is 0. The summed E-state index contributed by atoms with van der Waals surface area (Å²) in [4.78, 5) is 95.0. The summed E-state index contributed by atoms with van der Waals surface area (Å²) in [5.74, 6) is -3.70. The second kappa shape index (κ2) is 20.7. The van der Waals surface area contributed by atoms with Gasteiger partial charge < -0.3 is 57.2 Å². The number of hydrogen-bond acceptors (Lipinski definition) is 19. The maximum absolute atomic E-state index is 15.1. The summed E-state index contributed by atoms with van der Waals surface area (Å²) in [5, 5.41) is 11.8. The van der Waals surface area contributed by atoms with Crippen molar-refractivity contribution in [2.45, 2.75) is 162 Å². The minimum absolute atomic E-state index is 0.143. The third-order valence-corrected chi connectivity index (χ3v) is 15.8. The summed E-state index contributed by atoms with van der Waals surface area (Å²) < 4.78 is 63.6. The van der Waals surface area contributed by atoms with Crippen LogP contribution in [0.15, 0.2) is 59.7 Å². The predicted molar refractivity (Wildman–Crippen MR) is 263 cm³/mol. The number of aliphatic hydroxyl groups is 1. The van der Waals surface area contributed by atoms with Crippen LogP contribution in [0, 0.1) is 28.6 Å². The molecule has 20 heteroatoms. The molecule has 2 aromatic rings. The molecular weight excluding hydrogens is 979 g/mol. The molecule has 3 aliphatic carbocycles. The van der Waals surface area contributed by atoms with Gasteiger partial charge in [0.2, 0.25) is 5.60 Å². The standard InChI is InChI=1S/C33H38O12.C22H33NO7/c1-15-13-20-32(14-40-20,44-18(4)35)24-27(42-28(38)19-11-9-8-10-12-19)33-26(43-29(39)45-33)22(36)16(2)21(30(33,5)6)23(41-17(3)34)25(37)31(15,24)7;1-13(2)11-16-18(20(24)28-8)29-19(23(16)21(25)30-22(3,4)5)15-10-9-14(26-6)12-17(15)27-7/h8-12,15,20,22-24,26-27,36H,13-14H2,1-7H3;9-10,12-13,16,18-19H,11H2,1-8H3/t15-,20?,22+,23+,24-,26-,27-,31+,32-,33+;/m0./s1. The monoisotopic (exact) mass is 1050 g/mol. The molecule has 3 heterocycles. The molecule has 1 N–H and O–H groups in total. The molecule has 2 aromatic carbocycles. The number of hydrogen-bond donors (Lipinski definition) is 1. The van der Waals surface area contributed by atoms with E-state index in [4.69, 9.17) is 52.1 Å².